The van der Waals surface area contributed by atoms with E-state index < -0.39 is 15.9 Å². The molecule has 170 valence electrons. The molecule has 1 atom stereocenters. The molecule has 2 aliphatic rings. The maximum absolute atomic E-state index is 12.7. The molecular formula is C22H27N5O4S. The molecule has 2 N–H and O–H groups in total. The highest BCUT2D eigenvalue weighted by Crippen LogP contribution is 2.29. The van der Waals surface area contributed by atoms with E-state index in [9.17, 15) is 18.0 Å². The molecule has 1 aromatic carbocycles. The molecule has 2 aromatic rings. The molecule has 4 rings (SSSR count). The minimum Gasteiger partial charge on any atom is -0.339 e. The fourth-order valence-electron chi connectivity index (χ4n) is 4.29. The van der Waals surface area contributed by atoms with E-state index in [1.165, 1.54) is 36.9 Å². The van der Waals surface area contributed by atoms with Gasteiger partial charge in [0.15, 0.2) is 0 Å². The SMILES string of the molecule is Cc1ccnc(NS(=O)(=O)c2ccc(NC(=O)C3CC(=O)N(C4CCCCC4)C3)cc2)n1. The first kappa shape index (κ1) is 22.2. The van der Waals surface area contributed by atoms with Gasteiger partial charge in [0.2, 0.25) is 17.8 Å². The number of aryl methyl sites for hydroxylation is 1. The van der Waals surface area contributed by atoms with Crippen LogP contribution in [-0.2, 0) is 19.6 Å². The Morgan fingerprint density at radius 3 is 2.50 bits per heavy atom. The lowest BCUT2D eigenvalue weighted by Gasteiger charge is -2.31. The van der Waals surface area contributed by atoms with Gasteiger partial charge >= 0.3 is 0 Å². The number of nitrogens with zero attached hydrogens (tertiary/aromatic N) is 3. The first-order valence-corrected chi connectivity index (χ1v) is 12.3. The van der Waals surface area contributed by atoms with Crippen LogP contribution in [0.5, 0.6) is 0 Å². The number of aromatic nitrogens is 2. The van der Waals surface area contributed by atoms with Crippen molar-refractivity contribution < 1.29 is 18.0 Å². The normalized spacial score (nSPS) is 19.7. The molecule has 1 unspecified atom stereocenters. The lowest BCUT2D eigenvalue weighted by atomic mass is 9.94. The molecule has 2 heterocycles. The summed E-state index contributed by atoms with van der Waals surface area (Å²) in [4.78, 5) is 35.0. The molecule has 1 aliphatic carbocycles. The minimum atomic E-state index is -3.86. The summed E-state index contributed by atoms with van der Waals surface area (Å²) in [6.45, 7) is 2.19. The summed E-state index contributed by atoms with van der Waals surface area (Å²) in [5.74, 6) is -0.578. The maximum atomic E-state index is 12.7. The van der Waals surface area contributed by atoms with Crippen molar-refractivity contribution >= 4 is 33.5 Å². The van der Waals surface area contributed by atoms with Crippen molar-refractivity contribution in [2.75, 3.05) is 16.6 Å². The van der Waals surface area contributed by atoms with Crippen LogP contribution in [0.1, 0.15) is 44.2 Å². The van der Waals surface area contributed by atoms with Gasteiger partial charge in [-0.1, -0.05) is 19.3 Å². The van der Waals surface area contributed by atoms with E-state index in [-0.39, 0.29) is 35.1 Å². The summed E-state index contributed by atoms with van der Waals surface area (Å²) in [7, 11) is -3.86. The van der Waals surface area contributed by atoms with Gasteiger partial charge in [-0.15, -0.1) is 0 Å². The van der Waals surface area contributed by atoms with Crippen LogP contribution in [0, 0.1) is 12.8 Å². The van der Waals surface area contributed by atoms with Crippen LogP contribution in [0.15, 0.2) is 41.4 Å². The lowest BCUT2D eigenvalue weighted by molar-refractivity contribution is -0.130. The van der Waals surface area contributed by atoms with Crippen molar-refractivity contribution in [2.45, 2.75) is 56.4 Å². The van der Waals surface area contributed by atoms with E-state index in [4.69, 9.17) is 0 Å². The zero-order valence-corrected chi connectivity index (χ0v) is 18.8. The van der Waals surface area contributed by atoms with Crippen molar-refractivity contribution in [3.8, 4) is 0 Å². The predicted molar refractivity (Wildman–Crippen MR) is 119 cm³/mol. The standard InChI is InChI=1S/C22H27N5O4S/c1-15-11-12-23-22(24-15)26-32(30,31)19-9-7-17(8-10-19)25-21(29)16-13-20(28)27(14-16)18-5-3-2-4-6-18/h7-12,16,18H,2-6,13-14H2,1H3,(H,25,29)(H,23,24,26). The molecule has 0 spiro atoms. The zero-order chi connectivity index (χ0) is 22.7. The number of hydrogen-bond donors (Lipinski definition) is 2. The number of likely N-dealkylation sites (tertiary alicyclic amines) is 1. The molecule has 32 heavy (non-hydrogen) atoms. The summed E-state index contributed by atoms with van der Waals surface area (Å²) in [6, 6.07) is 7.78. The molecule has 2 amide bonds. The number of carbonyl (C=O) groups excluding carboxylic acids is 2. The number of carbonyl (C=O) groups is 2. The Labute approximate surface area is 187 Å². The van der Waals surface area contributed by atoms with Crippen molar-refractivity contribution in [3.05, 3.63) is 42.2 Å². The molecule has 1 saturated carbocycles. The van der Waals surface area contributed by atoms with Crippen molar-refractivity contribution in [1.82, 2.24) is 14.9 Å². The lowest BCUT2D eigenvalue weighted by Crippen LogP contribution is -2.38. The molecule has 1 aromatic heterocycles. The fraction of sp³-hybridized carbons (Fsp3) is 0.455. The van der Waals surface area contributed by atoms with Gasteiger partial charge in [0, 0.05) is 36.6 Å². The van der Waals surface area contributed by atoms with Gasteiger partial charge in [0.1, 0.15) is 0 Å². The van der Waals surface area contributed by atoms with Gasteiger partial charge in [-0.2, -0.15) is 0 Å². The van der Waals surface area contributed by atoms with E-state index in [2.05, 4.69) is 20.0 Å². The molecule has 9 nitrogen and oxygen atoms in total. The zero-order valence-electron chi connectivity index (χ0n) is 18.0. The monoisotopic (exact) mass is 457 g/mol. The van der Waals surface area contributed by atoms with Crippen LogP contribution < -0.4 is 10.0 Å². The molecule has 0 bridgehead atoms. The Hall–Kier alpha value is -3.01. The van der Waals surface area contributed by atoms with Crippen molar-refractivity contribution in [2.24, 2.45) is 5.92 Å². The largest absolute Gasteiger partial charge is 0.339 e. The predicted octanol–water partition coefficient (Wildman–Crippen LogP) is 2.71. The third-order valence-corrected chi connectivity index (χ3v) is 7.34. The Bertz CT molecular complexity index is 1100. The van der Waals surface area contributed by atoms with Crippen LogP contribution in [-0.4, -0.2) is 47.7 Å². The molecule has 1 aliphatic heterocycles. The highest BCUT2D eigenvalue weighted by Gasteiger charge is 2.38. The molecular weight excluding hydrogens is 430 g/mol. The second-order valence-corrected chi connectivity index (χ2v) is 10.1. The summed E-state index contributed by atoms with van der Waals surface area (Å²) in [5.41, 5.74) is 1.12. The van der Waals surface area contributed by atoms with Crippen LogP contribution >= 0.6 is 0 Å². The van der Waals surface area contributed by atoms with Gasteiger partial charge in [0.05, 0.1) is 10.8 Å². The molecule has 10 heteroatoms. The highest BCUT2D eigenvalue weighted by molar-refractivity contribution is 7.92. The summed E-state index contributed by atoms with van der Waals surface area (Å²) >= 11 is 0. The van der Waals surface area contributed by atoms with Gasteiger partial charge < -0.3 is 10.2 Å². The second kappa shape index (κ2) is 9.23. The van der Waals surface area contributed by atoms with Crippen LogP contribution in [0.3, 0.4) is 0 Å². The fourth-order valence-corrected chi connectivity index (χ4v) is 5.24. The smallest absolute Gasteiger partial charge is 0.264 e. The van der Waals surface area contributed by atoms with E-state index in [0.717, 1.165) is 25.7 Å². The third kappa shape index (κ3) is 5.07. The van der Waals surface area contributed by atoms with Crippen molar-refractivity contribution in [1.29, 1.82) is 0 Å². The number of hydrogen-bond acceptors (Lipinski definition) is 6. The van der Waals surface area contributed by atoms with Crippen LogP contribution in [0.4, 0.5) is 11.6 Å². The Kier molecular flexibility index (Phi) is 6.40. The quantitative estimate of drug-likeness (QED) is 0.688. The first-order chi connectivity index (χ1) is 15.3. The first-order valence-electron chi connectivity index (χ1n) is 10.8. The summed E-state index contributed by atoms with van der Waals surface area (Å²) < 4.78 is 27.5. The number of rotatable bonds is 6. The number of amides is 2. The van der Waals surface area contributed by atoms with Crippen LogP contribution in [0.25, 0.3) is 0 Å². The van der Waals surface area contributed by atoms with E-state index in [0.29, 0.717) is 17.9 Å². The Balaban J connectivity index is 1.37. The summed E-state index contributed by atoms with van der Waals surface area (Å²) in [6.07, 6.45) is 7.19. The van der Waals surface area contributed by atoms with Gasteiger partial charge in [-0.25, -0.2) is 23.1 Å². The molecule has 0 radical (unpaired) electrons. The van der Waals surface area contributed by atoms with Crippen LogP contribution in [0.2, 0.25) is 0 Å². The topological polar surface area (TPSA) is 121 Å². The number of nitrogens with one attached hydrogen (secondary N) is 2. The van der Waals surface area contributed by atoms with Gasteiger partial charge in [0.25, 0.3) is 10.0 Å². The van der Waals surface area contributed by atoms with Gasteiger partial charge in [-0.05, 0) is 50.1 Å². The molecule has 1 saturated heterocycles. The third-order valence-electron chi connectivity index (χ3n) is 6.00. The Morgan fingerprint density at radius 2 is 1.81 bits per heavy atom. The number of sulfonamides is 1. The van der Waals surface area contributed by atoms with Gasteiger partial charge in [-0.3, -0.25) is 9.59 Å². The second-order valence-electron chi connectivity index (χ2n) is 8.38. The minimum absolute atomic E-state index is 0.00389. The summed E-state index contributed by atoms with van der Waals surface area (Å²) in [5, 5.41) is 2.81. The molecule has 2 fully saturated rings. The maximum Gasteiger partial charge on any atom is 0.264 e. The van der Waals surface area contributed by atoms with E-state index in [1.54, 1.807) is 13.0 Å². The van der Waals surface area contributed by atoms with Crippen molar-refractivity contribution in [3.63, 3.8) is 0 Å². The number of anilines is 2. The van der Waals surface area contributed by atoms with E-state index in [1.807, 2.05) is 4.90 Å². The average molecular weight is 458 g/mol. The highest BCUT2D eigenvalue weighted by atomic mass is 32.2. The Morgan fingerprint density at radius 1 is 1.09 bits per heavy atom. The van der Waals surface area contributed by atoms with E-state index >= 15 is 0 Å². The average Bonchev–Trinajstić information content (AvgIpc) is 3.16. The number of benzene rings is 1.